The van der Waals surface area contributed by atoms with Crippen molar-refractivity contribution >= 4 is 26.0 Å². The molecule has 2 unspecified atom stereocenters. The Bertz CT molecular complexity index is 393. The summed E-state index contributed by atoms with van der Waals surface area (Å²) in [6, 6.07) is 0. The molecular weight excluding hydrogens is 330 g/mol. The fourth-order valence-electron chi connectivity index (χ4n) is 3.34. The topological polar surface area (TPSA) is 46.6 Å². The van der Waals surface area contributed by atoms with Crippen molar-refractivity contribution in [2.45, 2.75) is 32.1 Å². The molecule has 0 bridgehead atoms. The van der Waals surface area contributed by atoms with Crippen molar-refractivity contribution in [3.8, 4) is 0 Å². The highest BCUT2D eigenvalue weighted by Gasteiger charge is 2.36. The molecule has 2 saturated heterocycles. The van der Waals surface area contributed by atoms with Gasteiger partial charge in [-0.05, 0) is 38.0 Å². The minimum Gasteiger partial charge on any atom is -0.381 e. The molecule has 0 aliphatic carbocycles. The molecule has 0 N–H and O–H groups in total. The molecule has 2 atom stereocenters. The molecule has 0 spiro atoms. The van der Waals surface area contributed by atoms with E-state index in [-0.39, 0.29) is 5.41 Å². The normalized spacial score (nSPS) is 34.3. The van der Waals surface area contributed by atoms with Crippen LogP contribution in [0.25, 0.3) is 0 Å². The molecule has 2 heterocycles. The van der Waals surface area contributed by atoms with Gasteiger partial charge in [0.15, 0.2) is 0 Å². The molecule has 19 heavy (non-hydrogen) atoms. The molecule has 0 aromatic rings. The van der Waals surface area contributed by atoms with E-state index in [9.17, 15) is 8.42 Å². The van der Waals surface area contributed by atoms with Crippen LogP contribution >= 0.6 is 15.9 Å². The first-order chi connectivity index (χ1) is 8.95. The SMILES string of the molecule is CS(=O)(=O)N1CCCC(CC2(CBr)CCCOC2)C1. The molecule has 0 aromatic heterocycles. The average molecular weight is 354 g/mol. The van der Waals surface area contributed by atoms with Crippen LogP contribution in [-0.4, -0.2) is 50.6 Å². The smallest absolute Gasteiger partial charge is 0.211 e. The van der Waals surface area contributed by atoms with Crippen LogP contribution in [0.5, 0.6) is 0 Å². The number of halogens is 1. The molecule has 112 valence electrons. The zero-order valence-electron chi connectivity index (χ0n) is 11.6. The Morgan fingerprint density at radius 2 is 2.21 bits per heavy atom. The van der Waals surface area contributed by atoms with Crippen LogP contribution in [0.3, 0.4) is 0 Å². The van der Waals surface area contributed by atoms with E-state index in [4.69, 9.17) is 4.74 Å². The highest BCUT2D eigenvalue weighted by atomic mass is 79.9. The van der Waals surface area contributed by atoms with Gasteiger partial charge in [-0.3, -0.25) is 0 Å². The monoisotopic (exact) mass is 353 g/mol. The van der Waals surface area contributed by atoms with E-state index in [0.29, 0.717) is 19.0 Å². The van der Waals surface area contributed by atoms with Crippen molar-refractivity contribution in [1.29, 1.82) is 0 Å². The van der Waals surface area contributed by atoms with Gasteiger partial charge in [0.2, 0.25) is 10.0 Å². The van der Waals surface area contributed by atoms with Gasteiger partial charge in [-0.25, -0.2) is 12.7 Å². The Balaban J connectivity index is 1.97. The van der Waals surface area contributed by atoms with E-state index in [1.54, 1.807) is 4.31 Å². The maximum atomic E-state index is 11.7. The van der Waals surface area contributed by atoms with Gasteiger partial charge in [-0.1, -0.05) is 15.9 Å². The number of rotatable bonds is 4. The number of ether oxygens (including phenoxy) is 1. The van der Waals surface area contributed by atoms with Crippen molar-refractivity contribution in [1.82, 2.24) is 4.31 Å². The van der Waals surface area contributed by atoms with Gasteiger partial charge in [0.1, 0.15) is 0 Å². The van der Waals surface area contributed by atoms with E-state index in [0.717, 1.165) is 44.2 Å². The molecule has 6 heteroatoms. The molecule has 0 saturated carbocycles. The minimum absolute atomic E-state index is 0.212. The first-order valence-electron chi connectivity index (χ1n) is 7.04. The van der Waals surface area contributed by atoms with Crippen LogP contribution in [0.1, 0.15) is 32.1 Å². The molecule has 2 aliphatic rings. The Kier molecular flexibility index (Phi) is 5.31. The standard InChI is InChI=1S/C13H24BrNO3S/c1-19(16,17)15-6-2-4-12(9-15)8-13(10-14)5-3-7-18-11-13/h12H,2-11H2,1H3. The van der Waals surface area contributed by atoms with Gasteiger partial charge in [0, 0.05) is 30.4 Å². The summed E-state index contributed by atoms with van der Waals surface area (Å²) in [6.07, 6.45) is 6.82. The fourth-order valence-corrected chi connectivity index (χ4v) is 4.95. The molecule has 2 rings (SSSR count). The fraction of sp³-hybridized carbons (Fsp3) is 1.00. The largest absolute Gasteiger partial charge is 0.381 e. The second-order valence-corrected chi connectivity index (χ2v) is 8.67. The third-order valence-corrected chi connectivity index (χ3v) is 6.82. The lowest BCUT2D eigenvalue weighted by molar-refractivity contribution is -0.0108. The number of sulfonamides is 1. The summed E-state index contributed by atoms with van der Waals surface area (Å²) in [7, 11) is -3.04. The highest BCUT2D eigenvalue weighted by molar-refractivity contribution is 9.09. The Morgan fingerprint density at radius 3 is 2.79 bits per heavy atom. The van der Waals surface area contributed by atoms with Gasteiger partial charge in [0.05, 0.1) is 12.9 Å². The molecule has 4 nitrogen and oxygen atoms in total. The van der Waals surface area contributed by atoms with Gasteiger partial charge >= 0.3 is 0 Å². The average Bonchev–Trinajstić information content (AvgIpc) is 2.39. The van der Waals surface area contributed by atoms with E-state index in [1.807, 2.05) is 0 Å². The summed E-state index contributed by atoms with van der Waals surface area (Å²) in [4.78, 5) is 0. The lowest BCUT2D eigenvalue weighted by Gasteiger charge is -2.41. The van der Waals surface area contributed by atoms with Gasteiger partial charge in [-0.2, -0.15) is 0 Å². The number of nitrogens with zero attached hydrogens (tertiary/aromatic N) is 1. The molecule has 0 radical (unpaired) electrons. The number of alkyl halides is 1. The van der Waals surface area contributed by atoms with Gasteiger partial charge < -0.3 is 4.74 Å². The van der Waals surface area contributed by atoms with Crippen molar-refractivity contribution in [3.63, 3.8) is 0 Å². The Labute approximate surface area is 125 Å². The lowest BCUT2D eigenvalue weighted by atomic mass is 9.75. The van der Waals surface area contributed by atoms with Crippen molar-refractivity contribution in [2.24, 2.45) is 11.3 Å². The van der Waals surface area contributed by atoms with E-state index in [1.165, 1.54) is 12.7 Å². The Hall–Kier alpha value is 0.350. The van der Waals surface area contributed by atoms with Crippen LogP contribution in [0.4, 0.5) is 0 Å². The first-order valence-corrected chi connectivity index (χ1v) is 10.0. The number of hydrogen-bond acceptors (Lipinski definition) is 3. The van der Waals surface area contributed by atoms with Gasteiger partial charge in [-0.15, -0.1) is 0 Å². The predicted octanol–water partition coefficient (Wildman–Crippen LogP) is 2.24. The highest BCUT2D eigenvalue weighted by Crippen LogP contribution is 2.39. The zero-order valence-corrected chi connectivity index (χ0v) is 14.0. The van der Waals surface area contributed by atoms with Crippen LogP contribution in [-0.2, 0) is 14.8 Å². The first kappa shape index (κ1) is 15.7. The van der Waals surface area contributed by atoms with Gasteiger partial charge in [0.25, 0.3) is 0 Å². The third kappa shape index (κ3) is 4.16. The third-order valence-electron chi connectivity index (χ3n) is 4.36. The van der Waals surface area contributed by atoms with E-state index < -0.39 is 10.0 Å². The molecule has 0 amide bonds. The van der Waals surface area contributed by atoms with Crippen molar-refractivity contribution in [3.05, 3.63) is 0 Å². The van der Waals surface area contributed by atoms with E-state index >= 15 is 0 Å². The van der Waals surface area contributed by atoms with Crippen molar-refractivity contribution in [2.75, 3.05) is 37.9 Å². The number of piperidine rings is 1. The van der Waals surface area contributed by atoms with E-state index in [2.05, 4.69) is 15.9 Å². The minimum atomic E-state index is -3.04. The molecular formula is C13H24BrNO3S. The van der Waals surface area contributed by atoms with Crippen LogP contribution < -0.4 is 0 Å². The van der Waals surface area contributed by atoms with Crippen LogP contribution in [0.2, 0.25) is 0 Å². The maximum Gasteiger partial charge on any atom is 0.211 e. The quantitative estimate of drug-likeness (QED) is 0.728. The molecule has 0 aromatic carbocycles. The second-order valence-electron chi connectivity index (χ2n) is 6.12. The summed E-state index contributed by atoms with van der Waals surface area (Å²) < 4.78 is 30.6. The van der Waals surface area contributed by atoms with Crippen LogP contribution in [0, 0.1) is 11.3 Å². The summed E-state index contributed by atoms with van der Waals surface area (Å²) in [6.45, 7) is 3.06. The number of hydrogen-bond donors (Lipinski definition) is 0. The molecule has 2 fully saturated rings. The Morgan fingerprint density at radius 1 is 1.42 bits per heavy atom. The summed E-state index contributed by atoms with van der Waals surface area (Å²) >= 11 is 3.64. The molecule has 2 aliphatic heterocycles. The zero-order chi connectivity index (χ0) is 13.9. The predicted molar refractivity (Wildman–Crippen MR) is 80.0 cm³/mol. The maximum absolute atomic E-state index is 11.7. The summed E-state index contributed by atoms with van der Waals surface area (Å²) in [5.41, 5.74) is 0.212. The van der Waals surface area contributed by atoms with Crippen LogP contribution in [0.15, 0.2) is 0 Å². The summed E-state index contributed by atoms with van der Waals surface area (Å²) in [5.74, 6) is 0.475. The lowest BCUT2D eigenvalue weighted by Crippen LogP contribution is -2.43. The second kappa shape index (κ2) is 6.41. The summed E-state index contributed by atoms with van der Waals surface area (Å²) in [5, 5.41) is 0.954. The van der Waals surface area contributed by atoms with Crippen molar-refractivity contribution < 1.29 is 13.2 Å².